The molecule has 3 heteroatoms. The van der Waals surface area contributed by atoms with Gasteiger partial charge in [-0.15, -0.1) is 0 Å². The van der Waals surface area contributed by atoms with Gasteiger partial charge in [-0.2, -0.15) is 0 Å². The van der Waals surface area contributed by atoms with Gasteiger partial charge in [0.25, 0.3) is 0 Å². The number of Topliss-reactive ketones (excluding diaryl/α,β-unsaturated/α-hetero) is 1. The molecule has 0 amide bonds. The molecule has 0 saturated heterocycles. The number of ketones is 1. The summed E-state index contributed by atoms with van der Waals surface area (Å²) in [5.41, 5.74) is 8.51. The smallest absolute Gasteiger partial charge is 0.150 e. The van der Waals surface area contributed by atoms with Crippen LogP contribution in [0, 0.1) is 0 Å². The van der Waals surface area contributed by atoms with Gasteiger partial charge in [-0.3, -0.25) is 4.79 Å². The van der Waals surface area contributed by atoms with Crippen LogP contribution in [0.4, 0.5) is 0 Å². The minimum atomic E-state index is -0.372. The fourth-order valence-corrected chi connectivity index (χ4v) is 2.34. The molecule has 1 aliphatic rings. The Bertz CT molecular complexity index is 403. The maximum absolute atomic E-state index is 11.9. The van der Waals surface area contributed by atoms with Crippen LogP contribution >= 0.6 is 0 Å². The van der Waals surface area contributed by atoms with E-state index < -0.39 is 0 Å². The summed E-state index contributed by atoms with van der Waals surface area (Å²) in [7, 11) is 1.62. The maximum atomic E-state index is 11.9. The van der Waals surface area contributed by atoms with Gasteiger partial charge in [0.1, 0.15) is 5.78 Å². The lowest BCUT2D eigenvalue weighted by molar-refractivity contribution is -0.121. The number of ether oxygens (including phenoxy) is 1. The zero-order valence-electron chi connectivity index (χ0n) is 10.2. The average molecular weight is 233 g/mol. The monoisotopic (exact) mass is 233 g/mol. The number of nitrogens with two attached hydrogens (primary N) is 1. The van der Waals surface area contributed by atoms with Gasteiger partial charge < -0.3 is 10.5 Å². The van der Waals surface area contributed by atoms with Gasteiger partial charge in [0.05, 0.1) is 6.04 Å². The molecular weight excluding hydrogens is 214 g/mol. The highest BCUT2D eigenvalue weighted by Gasteiger charge is 2.28. The number of rotatable bonds is 6. The number of carbonyl (C=O) groups excluding carboxylic acids is 1. The van der Waals surface area contributed by atoms with Crippen molar-refractivity contribution in [2.75, 3.05) is 13.7 Å². The molecular formula is C14H19NO2. The van der Waals surface area contributed by atoms with E-state index in [9.17, 15) is 4.79 Å². The first-order chi connectivity index (χ1) is 8.22. The third kappa shape index (κ3) is 2.73. The van der Waals surface area contributed by atoms with Crippen molar-refractivity contribution < 1.29 is 9.53 Å². The second kappa shape index (κ2) is 5.43. The van der Waals surface area contributed by atoms with Crippen molar-refractivity contribution in [1.29, 1.82) is 0 Å². The number of benzene rings is 1. The van der Waals surface area contributed by atoms with E-state index in [1.54, 1.807) is 7.11 Å². The van der Waals surface area contributed by atoms with E-state index in [1.165, 1.54) is 11.1 Å². The van der Waals surface area contributed by atoms with Crippen molar-refractivity contribution in [2.45, 2.75) is 31.2 Å². The second-order valence-corrected chi connectivity index (χ2v) is 4.66. The Kier molecular flexibility index (Phi) is 3.92. The van der Waals surface area contributed by atoms with Crippen LogP contribution in [0.25, 0.3) is 0 Å². The van der Waals surface area contributed by atoms with Crippen molar-refractivity contribution in [1.82, 2.24) is 0 Å². The first kappa shape index (κ1) is 12.3. The minimum Gasteiger partial charge on any atom is -0.385 e. The van der Waals surface area contributed by atoms with E-state index in [0.717, 1.165) is 6.42 Å². The second-order valence-electron chi connectivity index (χ2n) is 4.66. The Morgan fingerprint density at radius 3 is 3.00 bits per heavy atom. The Balaban J connectivity index is 1.85. The summed E-state index contributed by atoms with van der Waals surface area (Å²) in [5.74, 6) is 0.536. The quantitative estimate of drug-likeness (QED) is 0.812. The first-order valence-corrected chi connectivity index (χ1v) is 6.07. The summed E-state index contributed by atoms with van der Waals surface area (Å²) in [5, 5.41) is 0. The third-order valence-corrected chi connectivity index (χ3v) is 3.46. The number of carbonyl (C=O) groups is 1. The van der Waals surface area contributed by atoms with Gasteiger partial charge in [0.15, 0.2) is 0 Å². The molecule has 1 aromatic carbocycles. The van der Waals surface area contributed by atoms with E-state index in [-0.39, 0.29) is 11.8 Å². The van der Waals surface area contributed by atoms with Crippen molar-refractivity contribution in [2.24, 2.45) is 5.73 Å². The predicted molar refractivity (Wildman–Crippen MR) is 67.0 cm³/mol. The fourth-order valence-electron chi connectivity index (χ4n) is 2.34. The number of hydrogen-bond acceptors (Lipinski definition) is 3. The highest BCUT2D eigenvalue weighted by molar-refractivity contribution is 5.84. The lowest BCUT2D eigenvalue weighted by Gasteiger charge is -2.30. The number of methoxy groups -OCH3 is 1. The molecule has 2 rings (SSSR count). The summed E-state index contributed by atoms with van der Waals surface area (Å²) >= 11 is 0. The van der Waals surface area contributed by atoms with E-state index in [2.05, 4.69) is 12.1 Å². The van der Waals surface area contributed by atoms with E-state index in [4.69, 9.17) is 10.5 Å². The van der Waals surface area contributed by atoms with Crippen LogP contribution in [-0.4, -0.2) is 25.5 Å². The van der Waals surface area contributed by atoms with Gasteiger partial charge >= 0.3 is 0 Å². The molecule has 2 N–H and O–H groups in total. The van der Waals surface area contributed by atoms with Gasteiger partial charge in [-0.25, -0.2) is 0 Å². The Morgan fingerprint density at radius 1 is 1.53 bits per heavy atom. The molecule has 1 aromatic rings. The van der Waals surface area contributed by atoms with Gasteiger partial charge in [0.2, 0.25) is 0 Å². The largest absolute Gasteiger partial charge is 0.385 e. The Labute approximate surface area is 102 Å². The van der Waals surface area contributed by atoms with Crippen LogP contribution in [0.1, 0.15) is 29.9 Å². The third-order valence-electron chi connectivity index (χ3n) is 3.46. The average Bonchev–Trinajstić information content (AvgIpc) is 2.32. The Morgan fingerprint density at radius 2 is 2.29 bits per heavy atom. The van der Waals surface area contributed by atoms with Gasteiger partial charge in [0, 0.05) is 20.1 Å². The summed E-state index contributed by atoms with van der Waals surface area (Å²) < 4.78 is 4.93. The first-order valence-electron chi connectivity index (χ1n) is 6.07. The topological polar surface area (TPSA) is 52.3 Å². The SMILES string of the molecule is COCCC(N)C(=O)CC1Cc2ccccc21. The number of hydrogen-bond donors (Lipinski definition) is 1. The molecule has 0 saturated carbocycles. The molecule has 0 bridgehead atoms. The molecule has 0 aromatic heterocycles. The molecule has 0 radical (unpaired) electrons. The fraction of sp³-hybridized carbons (Fsp3) is 0.500. The zero-order chi connectivity index (χ0) is 12.3. The molecule has 0 fully saturated rings. The lowest BCUT2D eigenvalue weighted by atomic mass is 9.74. The van der Waals surface area contributed by atoms with Crippen molar-refractivity contribution in [3.63, 3.8) is 0 Å². The Hall–Kier alpha value is -1.19. The van der Waals surface area contributed by atoms with Crippen LogP contribution < -0.4 is 5.73 Å². The van der Waals surface area contributed by atoms with Crippen LogP contribution in [-0.2, 0) is 16.0 Å². The van der Waals surface area contributed by atoms with Crippen molar-refractivity contribution in [3.8, 4) is 0 Å². The van der Waals surface area contributed by atoms with Gasteiger partial charge in [-0.05, 0) is 29.9 Å². The molecule has 92 valence electrons. The van der Waals surface area contributed by atoms with Crippen LogP contribution in [0.5, 0.6) is 0 Å². The molecule has 17 heavy (non-hydrogen) atoms. The normalized spacial score (nSPS) is 19.3. The summed E-state index contributed by atoms with van der Waals surface area (Å²) in [6, 6.07) is 7.93. The van der Waals surface area contributed by atoms with E-state index in [0.29, 0.717) is 25.4 Å². The van der Waals surface area contributed by atoms with E-state index in [1.807, 2.05) is 12.1 Å². The highest BCUT2D eigenvalue weighted by atomic mass is 16.5. The lowest BCUT2D eigenvalue weighted by Crippen LogP contribution is -2.34. The highest BCUT2D eigenvalue weighted by Crippen LogP contribution is 2.37. The molecule has 0 aliphatic heterocycles. The van der Waals surface area contributed by atoms with Crippen molar-refractivity contribution in [3.05, 3.63) is 35.4 Å². The summed E-state index contributed by atoms with van der Waals surface area (Å²) in [6.45, 7) is 0.550. The van der Waals surface area contributed by atoms with Crippen LogP contribution in [0.15, 0.2) is 24.3 Å². The standard InChI is InChI=1S/C14H19NO2/c1-17-7-6-13(15)14(16)9-11-8-10-4-2-3-5-12(10)11/h2-5,11,13H,6-9,15H2,1H3. The summed E-state index contributed by atoms with van der Waals surface area (Å²) in [6.07, 6.45) is 2.20. The molecule has 0 heterocycles. The number of fused-ring (bicyclic) bond motifs is 1. The molecule has 2 atom stereocenters. The van der Waals surface area contributed by atoms with Crippen LogP contribution in [0.2, 0.25) is 0 Å². The predicted octanol–water partition coefficient (Wildman–Crippen LogP) is 1.65. The zero-order valence-corrected chi connectivity index (χ0v) is 10.2. The molecule has 3 nitrogen and oxygen atoms in total. The van der Waals surface area contributed by atoms with Crippen LogP contribution in [0.3, 0.4) is 0 Å². The van der Waals surface area contributed by atoms with Gasteiger partial charge in [-0.1, -0.05) is 24.3 Å². The summed E-state index contributed by atoms with van der Waals surface area (Å²) in [4.78, 5) is 11.9. The van der Waals surface area contributed by atoms with E-state index >= 15 is 0 Å². The minimum absolute atomic E-state index is 0.154. The maximum Gasteiger partial charge on any atom is 0.150 e. The molecule has 1 aliphatic carbocycles. The molecule has 2 unspecified atom stereocenters. The molecule has 0 spiro atoms. The van der Waals surface area contributed by atoms with Crippen molar-refractivity contribution >= 4 is 5.78 Å².